The minimum absolute atomic E-state index is 0.107. The molecule has 0 spiro atoms. The Morgan fingerprint density at radius 3 is 2.31 bits per heavy atom. The van der Waals surface area contributed by atoms with Crippen molar-refractivity contribution in [2.45, 2.75) is 38.5 Å². The number of amides is 1. The molecule has 1 N–H and O–H groups in total. The van der Waals surface area contributed by atoms with Crippen LogP contribution >= 0.6 is 0 Å². The van der Waals surface area contributed by atoms with Crippen LogP contribution in [-0.2, 0) is 10.0 Å². The average Bonchev–Trinajstić information content (AvgIpc) is 2.61. The first kappa shape index (κ1) is 20.0. The maximum absolute atomic E-state index is 12.6. The molecule has 0 unspecified atom stereocenters. The van der Waals surface area contributed by atoms with E-state index < -0.39 is 10.0 Å². The van der Waals surface area contributed by atoms with Gasteiger partial charge in [-0.15, -0.1) is 0 Å². The van der Waals surface area contributed by atoms with Crippen LogP contribution in [0.5, 0.6) is 0 Å². The molecular formula is C20H26N2O3S. The summed E-state index contributed by atoms with van der Waals surface area (Å²) < 4.78 is 27.8. The molecule has 0 aliphatic rings. The largest absolute Gasteiger partial charge is 0.342 e. The van der Waals surface area contributed by atoms with E-state index in [4.69, 9.17) is 0 Å². The van der Waals surface area contributed by atoms with E-state index in [-0.39, 0.29) is 10.8 Å². The van der Waals surface area contributed by atoms with Gasteiger partial charge in [-0.05, 0) is 56.2 Å². The number of nitrogens with one attached hydrogen (secondary N) is 1. The molecule has 140 valence electrons. The minimum atomic E-state index is -3.70. The van der Waals surface area contributed by atoms with Gasteiger partial charge in [-0.1, -0.05) is 31.0 Å². The highest BCUT2D eigenvalue weighted by Gasteiger charge is 2.17. The minimum Gasteiger partial charge on any atom is -0.342 e. The Hall–Kier alpha value is -2.34. The highest BCUT2D eigenvalue weighted by molar-refractivity contribution is 7.92. The molecule has 2 aromatic rings. The molecule has 2 aromatic carbocycles. The Kier molecular flexibility index (Phi) is 6.42. The number of anilines is 1. The molecule has 0 aliphatic carbocycles. The molecule has 0 bridgehead atoms. The molecule has 2 rings (SSSR count). The molecule has 0 radical (unpaired) electrons. The van der Waals surface area contributed by atoms with Crippen molar-refractivity contribution >= 4 is 21.6 Å². The van der Waals surface area contributed by atoms with Crippen molar-refractivity contribution in [1.29, 1.82) is 0 Å². The summed E-state index contributed by atoms with van der Waals surface area (Å²) in [6.45, 7) is 6.57. The lowest BCUT2D eigenvalue weighted by atomic mass is 10.1. The topological polar surface area (TPSA) is 66.5 Å². The van der Waals surface area contributed by atoms with Gasteiger partial charge in [0, 0.05) is 19.2 Å². The second-order valence-corrected chi connectivity index (χ2v) is 8.21. The molecular weight excluding hydrogens is 348 g/mol. The van der Waals surface area contributed by atoms with E-state index in [1.54, 1.807) is 30.1 Å². The van der Waals surface area contributed by atoms with Crippen LogP contribution in [0.1, 0.15) is 41.3 Å². The van der Waals surface area contributed by atoms with Crippen molar-refractivity contribution in [3.8, 4) is 0 Å². The number of rotatable bonds is 7. The van der Waals surface area contributed by atoms with Gasteiger partial charge >= 0.3 is 0 Å². The summed E-state index contributed by atoms with van der Waals surface area (Å²) in [7, 11) is -1.95. The Labute approximate surface area is 156 Å². The Bertz CT molecular complexity index is 874. The molecule has 0 aromatic heterocycles. The molecule has 6 heteroatoms. The van der Waals surface area contributed by atoms with Crippen LogP contribution in [0, 0.1) is 13.8 Å². The van der Waals surface area contributed by atoms with E-state index in [9.17, 15) is 13.2 Å². The lowest BCUT2D eigenvalue weighted by Crippen LogP contribution is -2.27. The van der Waals surface area contributed by atoms with Gasteiger partial charge in [-0.25, -0.2) is 8.42 Å². The van der Waals surface area contributed by atoms with Gasteiger partial charge in [-0.2, -0.15) is 0 Å². The third kappa shape index (κ3) is 4.85. The molecule has 0 aliphatic heterocycles. The molecule has 0 saturated carbocycles. The van der Waals surface area contributed by atoms with Crippen LogP contribution in [0.25, 0.3) is 0 Å². The molecule has 1 amide bonds. The number of carbonyl (C=O) groups excluding carboxylic acids is 1. The van der Waals surface area contributed by atoms with Crippen molar-refractivity contribution < 1.29 is 13.2 Å². The van der Waals surface area contributed by atoms with Crippen molar-refractivity contribution in [3.63, 3.8) is 0 Å². The van der Waals surface area contributed by atoms with Crippen LogP contribution in [-0.4, -0.2) is 32.8 Å². The molecule has 0 fully saturated rings. The first-order valence-electron chi connectivity index (χ1n) is 8.70. The fraction of sp³-hybridized carbons (Fsp3) is 0.350. The SMILES string of the molecule is CCCCN(C)C(=O)c1ccc(S(=O)(=O)Nc2ccc(C)cc2C)cc1. The van der Waals surface area contributed by atoms with E-state index in [0.29, 0.717) is 17.8 Å². The van der Waals surface area contributed by atoms with E-state index in [0.717, 1.165) is 24.0 Å². The number of aryl methyl sites for hydroxylation is 2. The highest BCUT2D eigenvalue weighted by atomic mass is 32.2. The van der Waals surface area contributed by atoms with Gasteiger partial charge in [0.1, 0.15) is 0 Å². The van der Waals surface area contributed by atoms with Crippen molar-refractivity contribution in [3.05, 3.63) is 59.2 Å². The zero-order valence-corrected chi connectivity index (χ0v) is 16.6. The first-order valence-corrected chi connectivity index (χ1v) is 10.2. The number of carbonyl (C=O) groups is 1. The van der Waals surface area contributed by atoms with Crippen LogP contribution in [0.15, 0.2) is 47.4 Å². The first-order chi connectivity index (χ1) is 12.2. The second-order valence-electron chi connectivity index (χ2n) is 6.53. The number of nitrogens with zero attached hydrogens (tertiary/aromatic N) is 1. The average molecular weight is 375 g/mol. The van der Waals surface area contributed by atoms with Crippen molar-refractivity contribution in [2.75, 3.05) is 18.3 Å². The van der Waals surface area contributed by atoms with Crippen LogP contribution in [0.2, 0.25) is 0 Å². The lowest BCUT2D eigenvalue weighted by Gasteiger charge is -2.17. The molecule has 0 saturated heterocycles. The molecule has 5 nitrogen and oxygen atoms in total. The standard InChI is InChI=1S/C20H26N2O3S/c1-5-6-13-22(4)20(23)17-8-10-18(11-9-17)26(24,25)21-19-12-7-15(2)14-16(19)3/h7-12,14,21H,5-6,13H2,1-4H3. The Morgan fingerprint density at radius 1 is 1.08 bits per heavy atom. The highest BCUT2D eigenvalue weighted by Crippen LogP contribution is 2.21. The Balaban J connectivity index is 2.17. The fourth-order valence-electron chi connectivity index (χ4n) is 2.63. The number of hydrogen-bond acceptors (Lipinski definition) is 3. The van der Waals surface area contributed by atoms with E-state index in [1.165, 1.54) is 12.1 Å². The van der Waals surface area contributed by atoms with Crippen LogP contribution in [0.4, 0.5) is 5.69 Å². The smallest absolute Gasteiger partial charge is 0.261 e. The summed E-state index contributed by atoms with van der Waals surface area (Å²) >= 11 is 0. The molecule has 26 heavy (non-hydrogen) atoms. The number of sulfonamides is 1. The van der Waals surface area contributed by atoms with Gasteiger partial charge in [-0.3, -0.25) is 9.52 Å². The van der Waals surface area contributed by atoms with Crippen LogP contribution < -0.4 is 4.72 Å². The van der Waals surface area contributed by atoms with E-state index in [1.807, 2.05) is 26.0 Å². The number of hydrogen-bond donors (Lipinski definition) is 1. The summed E-state index contributed by atoms with van der Waals surface area (Å²) in [6, 6.07) is 11.6. The van der Waals surface area contributed by atoms with E-state index >= 15 is 0 Å². The van der Waals surface area contributed by atoms with Gasteiger partial charge in [0.2, 0.25) is 0 Å². The van der Waals surface area contributed by atoms with Crippen LogP contribution in [0.3, 0.4) is 0 Å². The summed E-state index contributed by atoms with van der Waals surface area (Å²) in [5, 5.41) is 0. The Morgan fingerprint density at radius 2 is 1.73 bits per heavy atom. The second kappa shape index (κ2) is 8.36. The number of benzene rings is 2. The summed E-state index contributed by atoms with van der Waals surface area (Å²) in [4.78, 5) is 14.1. The zero-order valence-electron chi connectivity index (χ0n) is 15.7. The third-order valence-electron chi connectivity index (χ3n) is 4.23. The summed E-state index contributed by atoms with van der Waals surface area (Å²) in [5.74, 6) is -0.107. The maximum Gasteiger partial charge on any atom is 0.261 e. The van der Waals surface area contributed by atoms with Gasteiger partial charge < -0.3 is 4.90 Å². The molecule has 0 heterocycles. The summed E-state index contributed by atoms with van der Waals surface area (Å²) in [6.07, 6.45) is 1.95. The maximum atomic E-state index is 12.6. The van der Waals surface area contributed by atoms with E-state index in [2.05, 4.69) is 11.6 Å². The summed E-state index contributed by atoms with van der Waals surface area (Å²) in [5.41, 5.74) is 2.96. The van der Waals surface area contributed by atoms with Crippen molar-refractivity contribution in [2.24, 2.45) is 0 Å². The van der Waals surface area contributed by atoms with Gasteiger partial charge in [0.25, 0.3) is 15.9 Å². The normalized spacial score (nSPS) is 11.2. The third-order valence-corrected chi connectivity index (χ3v) is 5.61. The number of unbranched alkanes of at least 4 members (excludes halogenated alkanes) is 1. The monoisotopic (exact) mass is 374 g/mol. The van der Waals surface area contributed by atoms with Gasteiger partial charge in [0.15, 0.2) is 0 Å². The van der Waals surface area contributed by atoms with Crippen molar-refractivity contribution in [1.82, 2.24) is 4.90 Å². The quantitative estimate of drug-likeness (QED) is 0.797. The zero-order chi connectivity index (χ0) is 19.3. The molecule has 0 atom stereocenters. The lowest BCUT2D eigenvalue weighted by molar-refractivity contribution is 0.0793. The van der Waals surface area contributed by atoms with Gasteiger partial charge in [0.05, 0.1) is 10.6 Å². The predicted octanol–water partition coefficient (Wildman–Crippen LogP) is 3.98. The predicted molar refractivity (Wildman–Crippen MR) is 105 cm³/mol. The fourth-order valence-corrected chi connectivity index (χ4v) is 3.76.